The molecule has 0 radical (unpaired) electrons. The van der Waals surface area contributed by atoms with Gasteiger partial charge in [0.15, 0.2) is 0 Å². The number of carbonyl (C=O) groups excluding carboxylic acids is 1. The lowest BCUT2D eigenvalue weighted by molar-refractivity contribution is -0.104. The van der Waals surface area contributed by atoms with Crippen LogP contribution in [-0.2, 0) is 4.79 Å². The molecular weight excluding hydrogens is 216 g/mol. The summed E-state index contributed by atoms with van der Waals surface area (Å²) in [7, 11) is 0. The summed E-state index contributed by atoms with van der Waals surface area (Å²) in [5, 5.41) is 0. The van der Waals surface area contributed by atoms with Crippen LogP contribution in [0.25, 0.3) is 6.08 Å². The van der Waals surface area contributed by atoms with E-state index in [-0.39, 0.29) is 0 Å². The number of hydrogen-bond donors (Lipinski definition) is 0. The first-order valence-corrected chi connectivity index (χ1v) is 4.41. The van der Waals surface area contributed by atoms with Gasteiger partial charge in [0.1, 0.15) is 6.29 Å². The third-order valence-corrected chi connectivity index (χ3v) is 2.20. The van der Waals surface area contributed by atoms with E-state index in [9.17, 15) is 4.79 Å². The molecule has 12 heavy (non-hydrogen) atoms. The van der Waals surface area contributed by atoms with Crippen LogP contribution in [0.2, 0.25) is 0 Å². The number of aldehydes is 1. The molecule has 0 amide bonds. The number of carbonyl (C=O) groups is 1. The van der Waals surface area contributed by atoms with E-state index < -0.39 is 0 Å². The summed E-state index contributed by atoms with van der Waals surface area (Å²) in [4.78, 5) is 10.3. The van der Waals surface area contributed by atoms with Gasteiger partial charge in [0.25, 0.3) is 0 Å². The van der Waals surface area contributed by atoms with Crippen LogP contribution in [0.1, 0.15) is 12.5 Å². The molecule has 0 aromatic heterocycles. The standard InChI is InChI=1S/C10H9BrO/c1-8(7-12)6-9-4-2-3-5-10(9)11/h2-7H,1H3. The van der Waals surface area contributed by atoms with Crippen LogP contribution >= 0.6 is 15.9 Å². The molecule has 1 aromatic rings. The highest BCUT2D eigenvalue weighted by atomic mass is 79.9. The first kappa shape index (κ1) is 9.20. The average molecular weight is 225 g/mol. The van der Waals surface area contributed by atoms with Crippen molar-refractivity contribution in [1.82, 2.24) is 0 Å². The Labute approximate surface area is 80.2 Å². The predicted octanol–water partition coefficient (Wildman–Crippen LogP) is 3.05. The van der Waals surface area contributed by atoms with Gasteiger partial charge in [-0.1, -0.05) is 34.1 Å². The Balaban J connectivity index is 3.04. The van der Waals surface area contributed by atoms with Crippen LogP contribution in [0.4, 0.5) is 0 Å². The molecule has 0 aliphatic heterocycles. The molecule has 0 aliphatic carbocycles. The van der Waals surface area contributed by atoms with E-state index in [0.29, 0.717) is 0 Å². The van der Waals surface area contributed by atoms with Crippen molar-refractivity contribution in [3.8, 4) is 0 Å². The maximum Gasteiger partial charge on any atom is 0.145 e. The molecule has 0 aliphatic rings. The highest BCUT2D eigenvalue weighted by Gasteiger charge is 1.93. The van der Waals surface area contributed by atoms with Crippen molar-refractivity contribution in [3.05, 3.63) is 39.9 Å². The average Bonchev–Trinajstić information content (AvgIpc) is 2.09. The van der Waals surface area contributed by atoms with Crippen LogP contribution in [0.15, 0.2) is 34.3 Å². The van der Waals surface area contributed by atoms with E-state index in [0.717, 1.165) is 21.9 Å². The fourth-order valence-electron chi connectivity index (χ4n) is 0.871. The van der Waals surface area contributed by atoms with Gasteiger partial charge < -0.3 is 0 Å². The summed E-state index contributed by atoms with van der Waals surface area (Å²) in [5.74, 6) is 0. The number of hydrogen-bond acceptors (Lipinski definition) is 1. The van der Waals surface area contributed by atoms with Gasteiger partial charge in [0.05, 0.1) is 0 Å². The van der Waals surface area contributed by atoms with Gasteiger partial charge in [-0.25, -0.2) is 0 Å². The van der Waals surface area contributed by atoms with Gasteiger partial charge in [0, 0.05) is 4.47 Å². The highest BCUT2D eigenvalue weighted by Crippen LogP contribution is 2.18. The molecule has 0 saturated heterocycles. The van der Waals surface area contributed by atoms with Crippen molar-refractivity contribution >= 4 is 28.3 Å². The molecule has 0 heterocycles. The Morgan fingerprint density at radius 2 is 2.08 bits per heavy atom. The van der Waals surface area contributed by atoms with Gasteiger partial charge in [-0.3, -0.25) is 4.79 Å². The van der Waals surface area contributed by atoms with E-state index >= 15 is 0 Å². The molecule has 0 unspecified atom stereocenters. The molecule has 1 nitrogen and oxygen atoms in total. The first-order valence-electron chi connectivity index (χ1n) is 3.62. The third-order valence-electron chi connectivity index (χ3n) is 1.47. The fraction of sp³-hybridized carbons (Fsp3) is 0.100. The molecule has 1 rings (SSSR count). The van der Waals surface area contributed by atoms with Crippen molar-refractivity contribution in [2.45, 2.75) is 6.92 Å². The van der Waals surface area contributed by atoms with Crippen LogP contribution in [0, 0.1) is 0 Å². The van der Waals surface area contributed by atoms with Crippen LogP contribution < -0.4 is 0 Å². The number of halogens is 1. The Morgan fingerprint density at radius 3 is 2.67 bits per heavy atom. The van der Waals surface area contributed by atoms with Gasteiger partial charge >= 0.3 is 0 Å². The summed E-state index contributed by atoms with van der Waals surface area (Å²) in [6, 6.07) is 7.79. The van der Waals surface area contributed by atoms with Gasteiger partial charge in [-0.2, -0.15) is 0 Å². The quantitative estimate of drug-likeness (QED) is 0.558. The molecule has 0 bridgehead atoms. The smallest absolute Gasteiger partial charge is 0.145 e. The molecule has 2 heteroatoms. The molecular formula is C10H9BrO. The molecule has 0 spiro atoms. The van der Waals surface area contributed by atoms with E-state index in [1.165, 1.54) is 0 Å². The monoisotopic (exact) mass is 224 g/mol. The third kappa shape index (κ3) is 2.31. The second kappa shape index (κ2) is 4.21. The second-order valence-electron chi connectivity index (χ2n) is 2.53. The minimum Gasteiger partial charge on any atom is -0.298 e. The van der Waals surface area contributed by atoms with E-state index in [2.05, 4.69) is 15.9 Å². The maximum absolute atomic E-state index is 10.3. The van der Waals surface area contributed by atoms with Crippen molar-refractivity contribution in [2.24, 2.45) is 0 Å². The van der Waals surface area contributed by atoms with Crippen LogP contribution in [0.3, 0.4) is 0 Å². The lowest BCUT2D eigenvalue weighted by Crippen LogP contribution is -1.78. The van der Waals surface area contributed by atoms with Crippen molar-refractivity contribution in [3.63, 3.8) is 0 Å². The molecule has 0 fully saturated rings. The lowest BCUT2D eigenvalue weighted by Gasteiger charge is -1.96. The topological polar surface area (TPSA) is 17.1 Å². The largest absolute Gasteiger partial charge is 0.298 e. The van der Waals surface area contributed by atoms with Crippen LogP contribution in [0.5, 0.6) is 0 Å². The normalized spacial score (nSPS) is 11.3. The molecule has 0 N–H and O–H groups in total. The SMILES string of the molecule is CC(C=O)=Cc1ccccc1Br. The summed E-state index contributed by atoms with van der Waals surface area (Å²) < 4.78 is 1.01. The number of benzene rings is 1. The maximum atomic E-state index is 10.3. The molecule has 0 saturated carbocycles. The van der Waals surface area contributed by atoms with E-state index in [4.69, 9.17) is 0 Å². The fourth-order valence-corrected chi connectivity index (χ4v) is 1.27. The molecule has 62 valence electrons. The first-order chi connectivity index (χ1) is 5.74. The lowest BCUT2D eigenvalue weighted by atomic mass is 10.1. The predicted molar refractivity (Wildman–Crippen MR) is 53.9 cm³/mol. The van der Waals surface area contributed by atoms with E-state index in [1.54, 1.807) is 6.92 Å². The van der Waals surface area contributed by atoms with Crippen molar-refractivity contribution < 1.29 is 4.79 Å². The zero-order chi connectivity index (χ0) is 8.97. The Hall–Kier alpha value is -0.890. The number of allylic oxidation sites excluding steroid dienone is 1. The zero-order valence-corrected chi connectivity index (χ0v) is 8.34. The summed E-state index contributed by atoms with van der Waals surface area (Å²) in [6.45, 7) is 1.78. The molecule has 0 atom stereocenters. The van der Waals surface area contributed by atoms with Gasteiger partial charge in [0.2, 0.25) is 0 Å². The second-order valence-corrected chi connectivity index (χ2v) is 3.38. The van der Waals surface area contributed by atoms with Gasteiger partial charge in [-0.05, 0) is 30.2 Å². The van der Waals surface area contributed by atoms with Gasteiger partial charge in [-0.15, -0.1) is 0 Å². The minimum absolute atomic E-state index is 0.724. The Bertz CT molecular complexity index is 315. The Kier molecular flexibility index (Phi) is 3.23. The summed E-state index contributed by atoms with van der Waals surface area (Å²) in [6.07, 6.45) is 2.69. The zero-order valence-electron chi connectivity index (χ0n) is 6.75. The van der Waals surface area contributed by atoms with E-state index in [1.807, 2.05) is 30.3 Å². The molecule has 1 aromatic carbocycles. The Morgan fingerprint density at radius 1 is 1.42 bits per heavy atom. The van der Waals surface area contributed by atoms with Crippen molar-refractivity contribution in [1.29, 1.82) is 0 Å². The summed E-state index contributed by atoms with van der Waals surface area (Å²) in [5.41, 5.74) is 1.75. The summed E-state index contributed by atoms with van der Waals surface area (Å²) >= 11 is 3.39. The minimum atomic E-state index is 0.724. The van der Waals surface area contributed by atoms with Crippen molar-refractivity contribution in [2.75, 3.05) is 0 Å². The highest BCUT2D eigenvalue weighted by molar-refractivity contribution is 9.10. The van der Waals surface area contributed by atoms with Crippen LogP contribution in [-0.4, -0.2) is 6.29 Å². The number of rotatable bonds is 2.